The Morgan fingerprint density at radius 2 is 2.05 bits per heavy atom. The summed E-state index contributed by atoms with van der Waals surface area (Å²) in [5.74, 6) is 0.481. The fourth-order valence-electron chi connectivity index (χ4n) is 2.44. The Balaban J connectivity index is 2.41. The van der Waals surface area contributed by atoms with Gasteiger partial charge in [-0.05, 0) is 54.4 Å². The van der Waals surface area contributed by atoms with Crippen molar-refractivity contribution in [3.63, 3.8) is 0 Å². The van der Waals surface area contributed by atoms with Gasteiger partial charge in [0.25, 0.3) is 0 Å². The van der Waals surface area contributed by atoms with Crippen LogP contribution in [-0.2, 0) is 6.54 Å². The first-order chi connectivity index (χ1) is 9.52. The molecule has 0 aliphatic rings. The molecule has 0 aliphatic carbocycles. The molecule has 6 heteroatoms. The van der Waals surface area contributed by atoms with Crippen LogP contribution in [0.4, 0.5) is 5.95 Å². The van der Waals surface area contributed by atoms with Crippen LogP contribution in [0.2, 0.25) is 0 Å². The van der Waals surface area contributed by atoms with Crippen LogP contribution in [-0.4, -0.2) is 19.3 Å². The van der Waals surface area contributed by atoms with Crippen LogP contribution in [0, 0.1) is 13.8 Å². The molecule has 2 N–H and O–H groups in total. The van der Waals surface area contributed by atoms with E-state index in [9.17, 15) is 0 Å². The lowest BCUT2D eigenvalue weighted by Gasteiger charge is -2.11. The van der Waals surface area contributed by atoms with E-state index in [1.807, 2.05) is 22.2 Å². The van der Waals surface area contributed by atoms with Gasteiger partial charge in [0.05, 0.1) is 11.4 Å². The lowest BCUT2D eigenvalue weighted by molar-refractivity contribution is 0.663. The minimum atomic E-state index is 0.481. The molecule has 1 aromatic carbocycles. The highest BCUT2D eigenvalue weighted by Crippen LogP contribution is 2.30. The highest BCUT2D eigenvalue weighted by molar-refractivity contribution is 9.10. The van der Waals surface area contributed by atoms with E-state index in [4.69, 9.17) is 5.73 Å². The van der Waals surface area contributed by atoms with Crippen LogP contribution in [0.3, 0.4) is 0 Å². The molecule has 0 aliphatic heterocycles. The molecule has 0 amide bonds. The predicted molar refractivity (Wildman–Crippen MR) is 84.1 cm³/mol. The second-order valence-corrected chi connectivity index (χ2v) is 5.69. The van der Waals surface area contributed by atoms with Gasteiger partial charge in [0.1, 0.15) is 5.52 Å². The summed E-state index contributed by atoms with van der Waals surface area (Å²) in [5.41, 5.74) is 11.0. The average Bonchev–Trinajstić information content (AvgIpc) is 2.90. The smallest absolute Gasteiger partial charge is 0.207 e. The van der Waals surface area contributed by atoms with E-state index in [0.29, 0.717) is 5.95 Å². The van der Waals surface area contributed by atoms with Crippen LogP contribution < -0.4 is 5.73 Å². The monoisotopic (exact) mass is 333 g/mol. The van der Waals surface area contributed by atoms with Crippen LogP contribution in [0.1, 0.15) is 18.2 Å². The summed E-state index contributed by atoms with van der Waals surface area (Å²) in [6.07, 6.45) is 0. The maximum absolute atomic E-state index is 6.13. The zero-order chi connectivity index (χ0) is 14.4. The number of halogens is 1. The number of aromatic nitrogens is 4. The predicted octanol–water partition coefficient (Wildman–Crippen LogP) is 3.20. The highest BCUT2D eigenvalue weighted by atomic mass is 79.9. The molecule has 0 bridgehead atoms. The van der Waals surface area contributed by atoms with Crippen molar-refractivity contribution in [2.24, 2.45) is 0 Å². The second-order valence-electron chi connectivity index (χ2n) is 4.83. The normalized spacial score (nSPS) is 11.4. The van der Waals surface area contributed by atoms with E-state index in [2.05, 4.69) is 52.0 Å². The largest absolute Gasteiger partial charge is 0.369 e. The molecule has 3 rings (SSSR count). The first kappa shape index (κ1) is 13.2. The number of aryl methyl sites for hydroxylation is 3. The van der Waals surface area contributed by atoms with Gasteiger partial charge in [0.2, 0.25) is 5.95 Å². The van der Waals surface area contributed by atoms with E-state index in [1.54, 1.807) is 0 Å². The van der Waals surface area contributed by atoms with Crippen LogP contribution in [0.25, 0.3) is 16.9 Å². The Bertz CT molecular complexity index is 800. The van der Waals surface area contributed by atoms with Crippen LogP contribution in [0.15, 0.2) is 22.7 Å². The molecule has 3 aromatic rings. The lowest BCUT2D eigenvalue weighted by atomic mass is 10.2. The summed E-state index contributed by atoms with van der Waals surface area (Å²) in [4.78, 5) is 4.46. The zero-order valence-corrected chi connectivity index (χ0v) is 13.3. The Kier molecular flexibility index (Phi) is 3.05. The molecular formula is C14H16BrN5. The summed E-state index contributed by atoms with van der Waals surface area (Å²) in [6.45, 7) is 6.85. The van der Waals surface area contributed by atoms with Gasteiger partial charge in [0.15, 0.2) is 5.65 Å². The second kappa shape index (κ2) is 4.63. The number of benzene rings is 1. The van der Waals surface area contributed by atoms with Gasteiger partial charge < -0.3 is 5.73 Å². The number of hydrogen-bond acceptors (Lipinski definition) is 3. The van der Waals surface area contributed by atoms with Crippen molar-refractivity contribution in [2.45, 2.75) is 27.3 Å². The molecule has 5 nitrogen and oxygen atoms in total. The molecule has 0 spiro atoms. The van der Waals surface area contributed by atoms with Crippen molar-refractivity contribution in [1.29, 1.82) is 0 Å². The van der Waals surface area contributed by atoms with Crippen molar-refractivity contribution >= 4 is 33.0 Å². The number of anilines is 1. The Morgan fingerprint density at radius 1 is 1.30 bits per heavy atom. The number of hydrogen-bond donors (Lipinski definition) is 1. The molecule has 104 valence electrons. The SMILES string of the molecule is CCn1nc(C)c2nc(N)n(-c3cc(C)ccc3Br)c21. The summed E-state index contributed by atoms with van der Waals surface area (Å²) >= 11 is 3.59. The fraction of sp³-hybridized carbons (Fsp3) is 0.286. The first-order valence-corrected chi connectivity index (χ1v) is 7.30. The summed E-state index contributed by atoms with van der Waals surface area (Å²) in [5, 5.41) is 4.51. The van der Waals surface area contributed by atoms with E-state index in [-0.39, 0.29) is 0 Å². The Hall–Kier alpha value is -1.82. The molecule has 0 fully saturated rings. The number of rotatable bonds is 2. The van der Waals surface area contributed by atoms with Gasteiger partial charge in [-0.1, -0.05) is 6.07 Å². The molecular weight excluding hydrogens is 318 g/mol. The number of nitrogen functional groups attached to an aromatic ring is 1. The third-order valence-corrected chi connectivity index (χ3v) is 4.05. The minimum absolute atomic E-state index is 0.481. The fourth-order valence-corrected chi connectivity index (χ4v) is 2.86. The van der Waals surface area contributed by atoms with E-state index in [0.717, 1.165) is 33.6 Å². The van der Waals surface area contributed by atoms with Gasteiger partial charge in [-0.15, -0.1) is 0 Å². The molecule has 0 saturated carbocycles. The molecule has 2 aromatic heterocycles. The lowest BCUT2D eigenvalue weighted by Crippen LogP contribution is -2.07. The average molecular weight is 334 g/mol. The van der Waals surface area contributed by atoms with Crippen molar-refractivity contribution < 1.29 is 0 Å². The maximum Gasteiger partial charge on any atom is 0.207 e. The van der Waals surface area contributed by atoms with Gasteiger partial charge in [-0.25, -0.2) is 9.67 Å². The summed E-state index contributed by atoms with van der Waals surface area (Å²) < 4.78 is 4.87. The van der Waals surface area contributed by atoms with Crippen LogP contribution in [0.5, 0.6) is 0 Å². The summed E-state index contributed by atoms with van der Waals surface area (Å²) in [7, 11) is 0. The third kappa shape index (κ3) is 1.83. The number of fused-ring (bicyclic) bond motifs is 1. The van der Waals surface area contributed by atoms with Gasteiger partial charge in [-0.3, -0.25) is 4.57 Å². The standard InChI is InChI=1S/C14H16BrN5/c1-4-19-13-12(9(3)18-19)17-14(16)20(13)11-7-8(2)5-6-10(11)15/h5-7H,4H2,1-3H3,(H2,16,17). The molecule has 2 heterocycles. The van der Waals surface area contributed by atoms with E-state index < -0.39 is 0 Å². The zero-order valence-electron chi connectivity index (χ0n) is 11.7. The van der Waals surface area contributed by atoms with E-state index in [1.165, 1.54) is 5.56 Å². The number of nitrogens with zero attached hydrogens (tertiary/aromatic N) is 4. The van der Waals surface area contributed by atoms with Crippen LogP contribution >= 0.6 is 15.9 Å². The topological polar surface area (TPSA) is 61.7 Å². The third-order valence-electron chi connectivity index (χ3n) is 3.38. The van der Waals surface area contributed by atoms with Gasteiger partial charge in [-0.2, -0.15) is 5.10 Å². The molecule has 0 unspecified atom stereocenters. The first-order valence-electron chi connectivity index (χ1n) is 6.50. The highest BCUT2D eigenvalue weighted by Gasteiger charge is 2.19. The van der Waals surface area contributed by atoms with Crippen molar-refractivity contribution in [1.82, 2.24) is 19.3 Å². The number of imidazole rings is 1. The van der Waals surface area contributed by atoms with Gasteiger partial charge >= 0.3 is 0 Å². The maximum atomic E-state index is 6.13. The van der Waals surface area contributed by atoms with Crippen molar-refractivity contribution in [3.8, 4) is 5.69 Å². The van der Waals surface area contributed by atoms with Crippen molar-refractivity contribution in [2.75, 3.05) is 5.73 Å². The molecule has 0 radical (unpaired) electrons. The van der Waals surface area contributed by atoms with Crippen molar-refractivity contribution in [3.05, 3.63) is 33.9 Å². The molecule has 20 heavy (non-hydrogen) atoms. The molecule has 0 atom stereocenters. The Morgan fingerprint density at radius 3 is 2.75 bits per heavy atom. The van der Waals surface area contributed by atoms with Gasteiger partial charge in [0, 0.05) is 11.0 Å². The number of nitrogens with two attached hydrogens (primary N) is 1. The van der Waals surface area contributed by atoms with E-state index >= 15 is 0 Å². The minimum Gasteiger partial charge on any atom is -0.369 e. The summed E-state index contributed by atoms with van der Waals surface area (Å²) in [6, 6.07) is 6.17. The Labute approximate surface area is 125 Å². The molecule has 0 saturated heterocycles. The quantitative estimate of drug-likeness (QED) is 0.783.